The maximum Gasteiger partial charge on any atom is 0.338 e. The van der Waals surface area contributed by atoms with Gasteiger partial charge in [0.15, 0.2) is 0 Å². The van der Waals surface area contributed by atoms with E-state index in [-0.39, 0.29) is 23.3 Å². The van der Waals surface area contributed by atoms with Crippen molar-refractivity contribution in [1.82, 2.24) is 0 Å². The lowest BCUT2D eigenvalue weighted by molar-refractivity contribution is -0.135. The summed E-state index contributed by atoms with van der Waals surface area (Å²) in [4.78, 5) is 22.9. The number of carboxylic acids is 1. The summed E-state index contributed by atoms with van der Waals surface area (Å²) in [6, 6.07) is 9.33. The maximum atomic E-state index is 11.6. The van der Waals surface area contributed by atoms with E-state index in [9.17, 15) is 14.7 Å². The third-order valence-electron chi connectivity index (χ3n) is 2.69. The van der Waals surface area contributed by atoms with Crippen molar-refractivity contribution in [2.75, 3.05) is 0 Å². The Morgan fingerprint density at radius 3 is 2.38 bits per heavy atom. The molecule has 1 aromatic rings. The van der Waals surface area contributed by atoms with Gasteiger partial charge in [-0.1, -0.05) is 49.9 Å². The number of allylic oxidation sites excluding steroid dienone is 1. The van der Waals surface area contributed by atoms with Crippen molar-refractivity contribution in [3.8, 4) is 0 Å². The first-order chi connectivity index (χ1) is 9.95. The zero-order valence-corrected chi connectivity index (χ0v) is 12.1. The number of carboxylic acid groups (broad SMARTS) is 1. The SMILES string of the molecule is C=C(C)C(=O)OC(C=Cc1ccccc1)=C(CC)C(=O)O. The number of ether oxygens (including phenoxy) is 1. The Bertz CT molecular complexity index is 594. The van der Waals surface area contributed by atoms with Gasteiger partial charge in [-0.2, -0.15) is 0 Å². The lowest BCUT2D eigenvalue weighted by Crippen LogP contribution is -2.10. The van der Waals surface area contributed by atoms with Crippen LogP contribution in [0.5, 0.6) is 0 Å². The Balaban J connectivity index is 3.13. The molecule has 0 atom stereocenters. The van der Waals surface area contributed by atoms with E-state index < -0.39 is 11.9 Å². The molecule has 1 N–H and O–H groups in total. The molecule has 110 valence electrons. The van der Waals surface area contributed by atoms with Crippen LogP contribution < -0.4 is 0 Å². The molecule has 1 aromatic carbocycles. The predicted octanol–water partition coefficient (Wildman–Crippen LogP) is 3.57. The van der Waals surface area contributed by atoms with E-state index in [1.165, 1.54) is 13.0 Å². The van der Waals surface area contributed by atoms with Crippen LogP contribution in [0.25, 0.3) is 6.08 Å². The van der Waals surface area contributed by atoms with Crippen molar-refractivity contribution in [3.63, 3.8) is 0 Å². The van der Waals surface area contributed by atoms with E-state index >= 15 is 0 Å². The Labute approximate surface area is 124 Å². The van der Waals surface area contributed by atoms with Crippen molar-refractivity contribution in [3.05, 3.63) is 65.5 Å². The molecule has 0 heterocycles. The Morgan fingerprint density at radius 1 is 1.29 bits per heavy atom. The van der Waals surface area contributed by atoms with Gasteiger partial charge in [-0.25, -0.2) is 9.59 Å². The van der Waals surface area contributed by atoms with Crippen LogP contribution in [0.3, 0.4) is 0 Å². The number of aliphatic carboxylic acids is 1. The molecule has 0 aliphatic heterocycles. The highest BCUT2D eigenvalue weighted by atomic mass is 16.5. The van der Waals surface area contributed by atoms with Gasteiger partial charge in [0.25, 0.3) is 0 Å². The van der Waals surface area contributed by atoms with Gasteiger partial charge < -0.3 is 9.84 Å². The third-order valence-corrected chi connectivity index (χ3v) is 2.69. The van der Waals surface area contributed by atoms with Crippen LogP contribution in [0.1, 0.15) is 25.8 Å². The fraction of sp³-hybridized carbons (Fsp3) is 0.176. The summed E-state index contributed by atoms with van der Waals surface area (Å²) in [7, 11) is 0. The van der Waals surface area contributed by atoms with E-state index in [2.05, 4.69) is 6.58 Å². The second kappa shape index (κ2) is 7.85. The van der Waals surface area contributed by atoms with Gasteiger partial charge in [-0.3, -0.25) is 0 Å². The average Bonchev–Trinajstić information content (AvgIpc) is 2.45. The minimum atomic E-state index is -1.11. The second-order valence-corrected chi connectivity index (χ2v) is 4.42. The quantitative estimate of drug-likeness (QED) is 0.376. The van der Waals surface area contributed by atoms with Crippen LogP contribution in [-0.4, -0.2) is 17.0 Å². The summed E-state index contributed by atoms with van der Waals surface area (Å²) < 4.78 is 5.12. The number of carbonyl (C=O) groups is 2. The zero-order chi connectivity index (χ0) is 15.8. The van der Waals surface area contributed by atoms with Crippen molar-refractivity contribution in [2.45, 2.75) is 20.3 Å². The number of hydrogen-bond donors (Lipinski definition) is 1. The zero-order valence-electron chi connectivity index (χ0n) is 12.1. The lowest BCUT2D eigenvalue weighted by atomic mass is 10.1. The first-order valence-electron chi connectivity index (χ1n) is 6.53. The van der Waals surface area contributed by atoms with Gasteiger partial charge in [0, 0.05) is 5.57 Å². The van der Waals surface area contributed by atoms with Crippen LogP contribution in [0.15, 0.2) is 59.9 Å². The minimum absolute atomic E-state index is 0.0295. The van der Waals surface area contributed by atoms with Gasteiger partial charge in [-0.15, -0.1) is 0 Å². The molecular weight excluding hydrogens is 268 g/mol. The van der Waals surface area contributed by atoms with Gasteiger partial charge in [0.2, 0.25) is 0 Å². The summed E-state index contributed by atoms with van der Waals surface area (Å²) in [6.45, 7) is 6.68. The minimum Gasteiger partial charge on any atom is -0.478 e. The first kappa shape index (κ1) is 16.4. The topological polar surface area (TPSA) is 63.6 Å². The highest BCUT2D eigenvalue weighted by Crippen LogP contribution is 2.16. The van der Waals surface area contributed by atoms with Gasteiger partial charge in [-0.05, 0) is 25.0 Å². The number of hydrogen-bond acceptors (Lipinski definition) is 3. The molecule has 4 heteroatoms. The number of carbonyl (C=O) groups excluding carboxylic acids is 1. The molecule has 4 nitrogen and oxygen atoms in total. The van der Waals surface area contributed by atoms with E-state index in [1.54, 1.807) is 13.0 Å². The Kier molecular flexibility index (Phi) is 6.14. The molecule has 0 spiro atoms. The molecule has 0 radical (unpaired) electrons. The first-order valence-corrected chi connectivity index (χ1v) is 6.53. The number of benzene rings is 1. The monoisotopic (exact) mass is 286 g/mol. The normalized spacial score (nSPS) is 11.9. The van der Waals surface area contributed by atoms with Crippen LogP contribution in [0.2, 0.25) is 0 Å². The van der Waals surface area contributed by atoms with Crippen molar-refractivity contribution < 1.29 is 19.4 Å². The molecule has 0 saturated heterocycles. The fourth-order valence-electron chi connectivity index (χ4n) is 1.55. The molecule has 0 amide bonds. The van der Waals surface area contributed by atoms with Crippen molar-refractivity contribution in [1.29, 1.82) is 0 Å². The fourth-order valence-corrected chi connectivity index (χ4v) is 1.55. The Morgan fingerprint density at radius 2 is 1.90 bits per heavy atom. The molecule has 0 aromatic heterocycles. The van der Waals surface area contributed by atoms with Crippen molar-refractivity contribution >= 4 is 18.0 Å². The van der Waals surface area contributed by atoms with Crippen LogP contribution in [-0.2, 0) is 14.3 Å². The molecule has 0 unspecified atom stereocenters. The number of esters is 1. The number of rotatable bonds is 6. The maximum absolute atomic E-state index is 11.6. The van der Waals surface area contributed by atoms with Crippen LogP contribution >= 0.6 is 0 Å². The average molecular weight is 286 g/mol. The van der Waals surface area contributed by atoms with E-state index in [0.29, 0.717) is 0 Å². The van der Waals surface area contributed by atoms with Gasteiger partial charge in [0.05, 0.1) is 5.57 Å². The van der Waals surface area contributed by atoms with Crippen LogP contribution in [0, 0.1) is 0 Å². The summed E-state index contributed by atoms with van der Waals surface area (Å²) >= 11 is 0. The molecule has 0 fully saturated rings. The molecule has 0 saturated carbocycles. The molecule has 0 aliphatic rings. The molecule has 0 aliphatic carbocycles. The molecule has 0 bridgehead atoms. The summed E-state index contributed by atoms with van der Waals surface area (Å²) in [6.07, 6.45) is 3.43. The third kappa shape index (κ3) is 5.10. The standard InChI is InChI=1S/C17H18O4/c1-4-14(16(18)19)15(21-17(20)12(2)3)11-10-13-8-6-5-7-9-13/h5-11H,2,4H2,1,3H3,(H,18,19). The highest BCUT2D eigenvalue weighted by Gasteiger charge is 2.15. The Hall–Kier alpha value is -2.62. The van der Waals surface area contributed by atoms with E-state index in [0.717, 1.165) is 5.56 Å². The lowest BCUT2D eigenvalue weighted by Gasteiger charge is -2.08. The smallest absolute Gasteiger partial charge is 0.338 e. The summed E-state index contributed by atoms with van der Waals surface area (Å²) in [5.74, 6) is -1.73. The van der Waals surface area contributed by atoms with E-state index in [1.807, 2.05) is 30.3 Å². The second-order valence-electron chi connectivity index (χ2n) is 4.42. The molecule has 1 rings (SSSR count). The van der Waals surface area contributed by atoms with Crippen LogP contribution in [0.4, 0.5) is 0 Å². The predicted molar refractivity (Wildman–Crippen MR) is 81.3 cm³/mol. The van der Waals surface area contributed by atoms with E-state index in [4.69, 9.17) is 4.74 Å². The largest absolute Gasteiger partial charge is 0.478 e. The van der Waals surface area contributed by atoms with Crippen molar-refractivity contribution in [2.24, 2.45) is 0 Å². The van der Waals surface area contributed by atoms with Gasteiger partial charge >= 0.3 is 11.9 Å². The van der Waals surface area contributed by atoms with Gasteiger partial charge in [0.1, 0.15) is 5.76 Å². The highest BCUT2D eigenvalue weighted by molar-refractivity contribution is 5.91. The molecule has 21 heavy (non-hydrogen) atoms. The summed E-state index contributed by atoms with van der Waals surface area (Å²) in [5, 5.41) is 9.19. The molecular formula is C17H18O4. The summed E-state index contributed by atoms with van der Waals surface area (Å²) in [5.41, 5.74) is 1.13.